The summed E-state index contributed by atoms with van der Waals surface area (Å²) in [6, 6.07) is 0. The van der Waals surface area contributed by atoms with Gasteiger partial charge in [-0.25, -0.2) is 0 Å². The molecular formula is C10H14O5. The fraction of sp³-hybridized carbons (Fsp3) is 0.700. The van der Waals surface area contributed by atoms with E-state index in [1.807, 2.05) is 0 Å². The number of Topliss-reactive ketones (excluding diaryl/α,β-unsaturated/α-hetero) is 1. The third-order valence-electron chi connectivity index (χ3n) is 2.66. The van der Waals surface area contributed by atoms with E-state index in [1.54, 1.807) is 0 Å². The smallest absolute Gasteiger partial charge is 0.320 e. The van der Waals surface area contributed by atoms with Crippen LogP contribution in [0, 0.1) is 11.8 Å². The fourth-order valence-electron chi connectivity index (χ4n) is 1.87. The van der Waals surface area contributed by atoms with Gasteiger partial charge in [0.05, 0.1) is 14.2 Å². The summed E-state index contributed by atoms with van der Waals surface area (Å²) in [4.78, 5) is 34.2. The van der Waals surface area contributed by atoms with Gasteiger partial charge in [-0.15, -0.1) is 0 Å². The predicted octanol–water partition coefficient (Wildman–Crippen LogP) is 0.318. The van der Waals surface area contributed by atoms with E-state index in [1.165, 1.54) is 14.2 Å². The lowest BCUT2D eigenvalue weighted by Crippen LogP contribution is -2.35. The van der Waals surface area contributed by atoms with Crippen molar-refractivity contribution in [1.82, 2.24) is 0 Å². The molecule has 15 heavy (non-hydrogen) atoms. The molecule has 1 saturated carbocycles. The third kappa shape index (κ3) is 2.34. The number of rotatable bonds is 3. The summed E-state index contributed by atoms with van der Waals surface area (Å²) >= 11 is 0. The van der Waals surface area contributed by atoms with Crippen molar-refractivity contribution in [3.8, 4) is 0 Å². The van der Waals surface area contributed by atoms with Crippen LogP contribution in [0.1, 0.15) is 19.3 Å². The van der Waals surface area contributed by atoms with Gasteiger partial charge in [-0.3, -0.25) is 14.4 Å². The lowest BCUT2D eigenvalue weighted by Gasteiger charge is -2.17. The molecule has 1 aliphatic carbocycles. The molecule has 0 aromatic carbocycles. The van der Waals surface area contributed by atoms with Gasteiger partial charge < -0.3 is 9.47 Å². The van der Waals surface area contributed by atoms with Crippen LogP contribution in [0.4, 0.5) is 0 Å². The highest BCUT2D eigenvalue weighted by molar-refractivity contribution is 6.00. The number of carbonyl (C=O) groups excluding carboxylic acids is 3. The van der Waals surface area contributed by atoms with Crippen molar-refractivity contribution in [3.63, 3.8) is 0 Å². The monoisotopic (exact) mass is 214 g/mol. The molecule has 1 rings (SSSR count). The van der Waals surface area contributed by atoms with E-state index >= 15 is 0 Å². The maximum atomic E-state index is 11.4. The minimum absolute atomic E-state index is 0.0594. The average Bonchev–Trinajstić information content (AvgIpc) is 2.64. The van der Waals surface area contributed by atoms with Crippen LogP contribution in [0.15, 0.2) is 0 Å². The molecule has 1 atom stereocenters. The van der Waals surface area contributed by atoms with Crippen molar-refractivity contribution in [3.05, 3.63) is 0 Å². The van der Waals surface area contributed by atoms with Crippen LogP contribution in [0.5, 0.6) is 0 Å². The summed E-state index contributed by atoms with van der Waals surface area (Å²) in [6.45, 7) is 0. The molecule has 5 nitrogen and oxygen atoms in total. The number of hydrogen-bond donors (Lipinski definition) is 0. The van der Waals surface area contributed by atoms with Crippen molar-refractivity contribution < 1.29 is 23.9 Å². The molecule has 0 radical (unpaired) electrons. The maximum Gasteiger partial charge on any atom is 0.320 e. The number of ether oxygens (including phenoxy) is 2. The molecule has 0 heterocycles. The zero-order valence-electron chi connectivity index (χ0n) is 8.82. The lowest BCUT2D eigenvalue weighted by molar-refractivity contribution is -0.163. The maximum absolute atomic E-state index is 11.4. The summed E-state index contributed by atoms with van der Waals surface area (Å²) in [5.74, 6) is -3.10. The van der Waals surface area contributed by atoms with Crippen LogP contribution in [-0.2, 0) is 23.9 Å². The first kappa shape index (κ1) is 11.7. The summed E-state index contributed by atoms with van der Waals surface area (Å²) < 4.78 is 9.01. The van der Waals surface area contributed by atoms with Gasteiger partial charge in [0.25, 0.3) is 0 Å². The Morgan fingerprint density at radius 1 is 1.27 bits per heavy atom. The molecule has 5 heteroatoms. The van der Waals surface area contributed by atoms with Crippen LogP contribution in [0.3, 0.4) is 0 Å². The van der Waals surface area contributed by atoms with Gasteiger partial charge in [-0.1, -0.05) is 0 Å². The Bertz CT molecular complexity index is 268. The Balaban J connectivity index is 2.84. The second-order valence-corrected chi connectivity index (χ2v) is 3.49. The molecule has 0 bridgehead atoms. The zero-order valence-corrected chi connectivity index (χ0v) is 8.82. The predicted molar refractivity (Wildman–Crippen MR) is 49.9 cm³/mol. The Labute approximate surface area is 87.7 Å². The van der Waals surface area contributed by atoms with Crippen molar-refractivity contribution in [2.45, 2.75) is 19.3 Å². The molecule has 0 aliphatic heterocycles. The molecule has 0 spiro atoms. The summed E-state index contributed by atoms with van der Waals surface area (Å²) in [5.41, 5.74) is 0. The van der Waals surface area contributed by atoms with Crippen LogP contribution in [0.2, 0.25) is 0 Å². The van der Waals surface area contributed by atoms with E-state index in [0.717, 1.165) is 0 Å². The summed E-state index contributed by atoms with van der Waals surface area (Å²) in [5, 5.41) is 0. The van der Waals surface area contributed by atoms with Crippen LogP contribution in [0.25, 0.3) is 0 Å². The van der Waals surface area contributed by atoms with Crippen LogP contribution < -0.4 is 0 Å². The van der Waals surface area contributed by atoms with Gasteiger partial charge in [0.1, 0.15) is 5.78 Å². The topological polar surface area (TPSA) is 69.7 Å². The summed E-state index contributed by atoms with van der Waals surface area (Å²) in [6.07, 6.45) is 1.69. The Hall–Kier alpha value is -1.39. The number of esters is 2. The van der Waals surface area contributed by atoms with Crippen molar-refractivity contribution >= 4 is 17.7 Å². The molecule has 0 aromatic rings. The molecule has 1 fully saturated rings. The van der Waals surface area contributed by atoms with Crippen LogP contribution in [-0.4, -0.2) is 31.9 Å². The Kier molecular flexibility index (Phi) is 3.82. The minimum atomic E-state index is -1.09. The van der Waals surface area contributed by atoms with E-state index in [4.69, 9.17) is 0 Å². The van der Waals surface area contributed by atoms with Crippen molar-refractivity contribution in [1.29, 1.82) is 0 Å². The van der Waals surface area contributed by atoms with Gasteiger partial charge in [0.2, 0.25) is 0 Å². The highest BCUT2D eigenvalue weighted by atomic mass is 16.5. The third-order valence-corrected chi connectivity index (χ3v) is 2.66. The first-order valence-electron chi connectivity index (χ1n) is 4.80. The number of hydrogen-bond acceptors (Lipinski definition) is 5. The standard InChI is InChI=1S/C10H14O5/c1-14-9(12)8(10(13)15-2)6-4-3-5-7(6)11/h6,8H,3-5H2,1-2H3/t6-/m0/s1. The molecule has 0 N–H and O–H groups in total. The van der Waals surface area contributed by atoms with Gasteiger partial charge in [0, 0.05) is 12.3 Å². The number of ketones is 1. The van der Waals surface area contributed by atoms with E-state index in [-0.39, 0.29) is 5.78 Å². The highest BCUT2D eigenvalue weighted by Crippen LogP contribution is 2.29. The zero-order chi connectivity index (χ0) is 11.4. The molecule has 84 valence electrons. The number of carbonyl (C=O) groups is 3. The largest absolute Gasteiger partial charge is 0.468 e. The molecule has 0 aromatic heterocycles. The SMILES string of the molecule is COC(=O)C(C(=O)OC)[C@H]1CCCC1=O. The van der Waals surface area contributed by atoms with Gasteiger partial charge >= 0.3 is 11.9 Å². The fourth-order valence-corrected chi connectivity index (χ4v) is 1.87. The lowest BCUT2D eigenvalue weighted by atomic mass is 9.90. The second kappa shape index (κ2) is 4.91. The van der Waals surface area contributed by atoms with Crippen LogP contribution >= 0.6 is 0 Å². The van der Waals surface area contributed by atoms with Gasteiger partial charge in [0.15, 0.2) is 5.92 Å². The van der Waals surface area contributed by atoms with E-state index in [2.05, 4.69) is 9.47 Å². The van der Waals surface area contributed by atoms with E-state index in [9.17, 15) is 14.4 Å². The Morgan fingerprint density at radius 3 is 2.13 bits per heavy atom. The molecule has 1 aliphatic rings. The second-order valence-electron chi connectivity index (χ2n) is 3.49. The minimum Gasteiger partial charge on any atom is -0.468 e. The van der Waals surface area contributed by atoms with E-state index in [0.29, 0.717) is 19.3 Å². The average molecular weight is 214 g/mol. The van der Waals surface area contributed by atoms with E-state index < -0.39 is 23.8 Å². The van der Waals surface area contributed by atoms with Crippen molar-refractivity contribution in [2.24, 2.45) is 11.8 Å². The molecule has 0 saturated heterocycles. The molecule has 0 unspecified atom stereocenters. The molecule has 0 amide bonds. The molecular weight excluding hydrogens is 200 g/mol. The van der Waals surface area contributed by atoms with Gasteiger partial charge in [-0.2, -0.15) is 0 Å². The van der Waals surface area contributed by atoms with Gasteiger partial charge in [-0.05, 0) is 12.8 Å². The first-order valence-corrected chi connectivity index (χ1v) is 4.80. The number of methoxy groups -OCH3 is 2. The quantitative estimate of drug-likeness (QED) is 0.499. The first-order chi connectivity index (χ1) is 7.11. The highest BCUT2D eigenvalue weighted by Gasteiger charge is 2.42. The normalized spacial score (nSPS) is 20.5. The Morgan fingerprint density at radius 2 is 1.80 bits per heavy atom. The summed E-state index contributed by atoms with van der Waals surface area (Å²) in [7, 11) is 2.38. The van der Waals surface area contributed by atoms with Crippen molar-refractivity contribution in [2.75, 3.05) is 14.2 Å².